The number of aliphatic imine (C=N–C) groups is 1. The zero-order valence-corrected chi connectivity index (χ0v) is 7.20. The summed E-state index contributed by atoms with van der Waals surface area (Å²) in [7, 11) is 0. The number of amidine groups is 1. The van der Waals surface area contributed by atoms with Gasteiger partial charge in [0.1, 0.15) is 0 Å². The Kier molecular flexibility index (Phi) is 2.32. The van der Waals surface area contributed by atoms with E-state index in [1.807, 2.05) is 20.1 Å². The van der Waals surface area contributed by atoms with E-state index in [1.54, 1.807) is 11.8 Å². The first-order valence-corrected chi connectivity index (χ1v) is 4.38. The van der Waals surface area contributed by atoms with Crippen LogP contribution in [0.2, 0.25) is 0 Å². The van der Waals surface area contributed by atoms with Crippen molar-refractivity contribution < 1.29 is 0 Å². The molecule has 1 aliphatic rings. The molecule has 0 radical (unpaired) electrons. The van der Waals surface area contributed by atoms with E-state index in [4.69, 9.17) is 0 Å². The summed E-state index contributed by atoms with van der Waals surface area (Å²) in [5.74, 6) is 0. The summed E-state index contributed by atoms with van der Waals surface area (Å²) in [5.41, 5.74) is 3.89. The lowest BCUT2D eigenvalue weighted by atomic mass is 10.2. The minimum Gasteiger partial charge on any atom is -0.256 e. The number of hydrazone groups is 1. The molecule has 0 fully saturated rings. The highest BCUT2D eigenvalue weighted by Crippen LogP contribution is 2.04. The Morgan fingerprint density at radius 2 is 2.30 bits per heavy atom. The molecule has 0 unspecified atom stereocenters. The number of hydrogen-bond donors (Lipinski definition) is 1. The Hall–Kier alpha value is -0.510. The first-order chi connectivity index (χ1) is 4.74. The van der Waals surface area contributed by atoms with Crippen LogP contribution in [0, 0.1) is 0 Å². The third-order valence-electron chi connectivity index (χ3n) is 1.44. The van der Waals surface area contributed by atoms with Crippen molar-refractivity contribution in [3.8, 4) is 0 Å². The third-order valence-corrected chi connectivity index (χ3v) is 2.02. The highest BCUT2D eigenvalue weighted by Gasteiger charge is 2.10. The quantitative estimate of drug-likeness (QED) is 0.571. The van der Waals surface area contributed by atoms with Gasteiger partial charge in [0, 0.05) is 0 Å². The summed E-state index contributed by atoms with van der Waals surface area (Å²) >= 11 is 1.58. The number of nitrogens with zero attached hydrogens (tertiary/aromatic N) is 2. The van der Waals surface area contributed by atoms with Gasteiger partial charge in [0.15, 0.2) is 5.17 Å². The smallest absolute Gasteiger partial charge is 0.177 e. The standard InChI is InChI=1S/C6H11N3S/c1-4-5(2)8-9-6(7-4)10-3/h4H,1-3H3,(H,7,9)/t4-/m0/s1. The van der Waals surface area contributed by atoms with Crippen LogP contribution in [0.5, 0.6) is 0 Å². The molecule has 0 saturated heterocycles. The van der Waals surface area contributed by atoms with Crippen molar-refractivity contribution >= 4 is 22.6 Å². The average molecular weight is 157 g/mol. The van der Waals surface area contributed by atoms with Crippen LogP contribution in [-0.4, -0.2) is 23.2 Å². The second-order valence-corrected chi connectivity index (χ2v) is 2.97. The molecule has 10 heavy (non-hydrogen) atoms. The van der Waals surface area contributed by atoms with Crippen LogP contribution in [0.3, 0.4) is 0 Å². The van der Waals surface area contributed by atoms with Crippen molar-refractivity contribution in [2.24, 2.45) is 10.1 Å². The maximum absolute atomic E-state index is 4.32. The highest BCUT2D eigenvalue weighted by atomic mass is 32.2. The molecule has 0 aromatic heterocycles. The molecule has 0 amide bonds. The molecule has 1 rings (SSSR count). The van der Waals surface area contributed by atoms with Crippen molar-refractivity contribution in [2.45, 2.75) is 19.9 Å². The zero-order valence-electron chi connectivity index (χ0n) is 6.38. The molecular formula is C6H11N3S. The highest BCUT2D eigenvalue weighted by molar-refractivity contribution is 8.13. The minimum atomic E-state index is 0.240. The number of nitrogens with one attached hydrogen (secondary N) is 1. The molecule has 0 aromatic rings. The molecule has 3 nitrogen and oxygen atoms in total. The molecule has 0 saturated carbocycles. The molecule has 0 aromatic carbocycles. The van der Waals surface area contributed by atoms with Gasteiger partial charge in [0.2, 0.25) is 0 Å². The van der Waals surface area contributed by atoms with Crippen LogP contribution in [0.25, 0.3) is 0 Å². The van der Waals surface area contributed by atoms with Gasteiger partial charge in [-0.25, -0.2) is 0 Å². The van der Waals surface area contributed by atoms with Gasteiger partial charge in [0.05, 0.1) is 11.8 Å². The monoisotopic (exact) mass is 157 g/mol. The average Bonchev–Trinajstić information content (AvgIpc) is 1.95. The largest absolute Gasteiger partial charge is 0.256 e. The maximum Gasteiger partial charge on any atom is 0.177 e. The van der Waals surface area contributed by atoms with Gasteiger partial charge < -0.3 is 0 Å². The molecule has 56 valence electrons. The fourth-order valence-corrected chi connectivity index (χ4v) is 1.03. The SMILES string of the molecule is CSC1=N[C@@H](C)C(C)=NN1. The summed E-state index contributed by atoms with van der Waals surface area (Å²) < 4.78 is 0. The van der Waals surface area contributed by atoms with E-state index in [-0.39, 0.29) is 6.04 Å². The fourth-order valence-electron chi connectivity index (χ4n) is 0.626. The van der Waals surface area contributed by atoms with E-state index in [2.05, 4.69) is 15.5 Å². The predicted octanol–water partition coefficient (Wildman–Crippen LogP) is 1.07. The molecule has 1 N–H and O–H groups in total. The van der Waals surface area contributed by atoms with Crippen LogP contribution >= 0.6 is 11.8 Å². The lowest BCUT2D eigenvalue weighted by Gasteiger charge is -2.14. The molecule has 0 bridgehead atoms. The molecule has 1 atom stereocenters. The van der Waals surface area contributed by atoms with Crippen molar-refractivity contribution in [3.63, 3.8) is 0 Å². The molecule has 0 aliphatic carbocycles. The molecular weight excluding hydrogens is 146 g/mol. The van der Waals surface area contributed by atoms with Crippen LogP contribution in [0.15, 0.2) is 10.1 Å². The van der Waals surface area contributed by atoms with Crippen molar-refractivity contribution in [2.75, 3.05) is 6.26 Å². The fraction of sp³-hybridized carbons (Fsp3) is 0.667. The van der Waals surface area contributed by atoms with Gasteiger partial charge in [-0.15, -0.1) is 0 Å². The lowest BCUT2D eigenvalue weighted by Crippen LogP contribution is -2.27. The summed E-state index contributed by atoms with van der Waals surface area (Å²) in [6.07, 6.45) is 1.98. The van der Waals surface area contributed by atoms with Crippen LogP contribution in [0.4, 0.5) is 0 Å². The van der Waals surface area contributed by atoms with E-state index in [1.165, 1.54) is 0 Å². The Labute approximate surface area is 65.0 Å². The van der Waals surface area contributed by atoms with Gasteiger partial charge in [-0.2, -0.15) is 5.10 Å². The van der Waals surface area contributed by atoms with Crippen molar-refractivity contribution in [1.29, 1.82) is 0 Å². The number of hydrogen-bond acceptors (Lipinski definition) is 4. The first kappa shape index (κ1) is 7.60. The normalized spacial score (nSPS) is 24.9. The number of rotatable bonds is 0. The van der Waals surface area contributed by atoms with Gasteiger partial charge in [0.25, 0.3) is 0 Å². The first-order valence-electron chi connectivity index (χ1n) is 3.16. The summed E-state index contributed by atoms with van der Waals surface area (Å²) in [6, 6.07) is 0.240. The Morgan fingerprint density at radius 1 is 1.60 bits per heavy atom. The van der Waals surface area contributed by atoms with E-state index in [0.29, 0.717) is 0 Å². The zero-order chi connectivity index (χ0) is 7.56. The van der Waals surface area contributed by atoms with E-state index < -0.39 is 0 Å². The van der Waals surface area contributed by atoms with E-state index >= 15 is 0 Å². The summed E-state index contributed by atoms with van der Waals surface area (Å²) in [6.45, 7) is 4.01. The summed E-state index contributed by atoms with van der Waals surface area (Å²) in [4.78, 5) is 4.32. The molecule has 1 aliphatic heterocycles. The molecule has 4 heteroatoms. The second-order valence-electron chi connectivity index (χ2n) is 2.18. The molecule has 1 heterocycles. The minimum absolute atomic E-state index is 0.240. The van der Waals surface area contributed by atoms with Crippen molar-refractivity contribution in [1.82, 2.24) is 5.43 Å². The van der Waals surface area contributed by atoms with Crippen molar-refractivity contribution in [3.05, 3.63) is 0 Å². The van der Waals surface area contributed by atoms with Crippen LogP contribution in [0.1, 0.15) is 13.8 Å². The lowest BCUT2D eigenvalue weighted by molar-refractivity contribution is 0.876. The van der Waals surface area contributed by atoms with E-state index in [0.717, 1.165) is 10.9 Å². The van der Waals surface area contributed by atoms with E-state index in [9.17, 15) is 0 Å². The maximum atomic E-state index is 4.32. The Balaban J connectivity index is 2.64. The topological polar surface area (TPSA) is 36.8 Å². The van der Waals surface area contributed by atoms with Gasteiger partial charge >= 0.3 is 0 Å². The van der Waals surface area contributed by atoms with Gasteiger partial charge in [-0.3, -0.25) is 10.4 Å². The van der Waals surface area contributed by atoms with Gasteiger partial charge in [-0.05, 0) is 20.1 Å². The van der Waals surface area contributed by atoms with Crippen LogP contribution in [-0.2, 0) is 0 Å². The van der Waals surface area contributed by atoms with Gasteiger partial charge in [-0.1, -0.05) is 11.8 Å². The third kappa shape index (κ3) is 1.50. The molecule has 0 spiro atoms. The Morgan fingerprint density at radius 3 is 2.80 bits per heavy atom. The van der Waals surface area contributed by atoms with Crippen LogP contribution < -0.4 is 5.43 Å². The number of thioether (sulfide) groups is 1. The summed E-state index contributed by atoms with van der Waals surface area (Å²) in [5, 5.41) is 4.98. The predicted molar refractivity (Wildman–Crippen MR) is 46.7 cm³/mol. The second kappa shape index (κ2) is 3.05. The Bertz CT molecular complexity index is 185.